The van der Waals surface area contributed by atoms with Crippen LogP contribution < -0.4 is 10.5 Å². The molecule has 3 rings (SSSR count). The summed E-state index contributed by atoms with van der Waals surface area (Å²) in [6.07, 6.45) is 0.888. The number of benzene rings is 1. The van der Waals surface area contributed by atoms with Crippen LogP contribution >= 0.6 is 11.3 Å². The zero-order valence-electron chi connectivity index (χ0n) is 11.7. The first-order valence-corrected chi connectivity index (χ1v) is 7.38. The van der Waals surface area contributed by atoms with Gasteiger partial charge in [0.25, 0.3) is 0 Å². The average molecular weight is 303 g/mol. The highest BCUT2D eigenvalue weighted by Crippen LogP contribution is 2.34. The van der Waals surface area contributed by atoms with Crippen molar-refractivity contribution in [2.75, 3.05) is 5.73 Å². The molecule has 2 heterocycles. The second kappa shape index (κ2) is 5.29. The lowest BCUT2D eigenvalue weighted by Crippen LogP contribution is -1.98. The summed E-state index contributed by atoms with van der Waals surface area (Å²) in [7, 11) is 0. The monoisotopic (exact) mass is 303 g/mol. The second-order valence-electron chi connectivity index (χ2n) is 4.71. The van der Waals surface area contributed by atoms with Crippen molar-refractivity contribution in [3.8, 4) is 11.6 Å². The molecule has 0 radical (unpaired) electrons. The Balaban J connectivity index is 2.11. The van der Waals surface area contributed by atoms with Gasteiger partial charge in [0.2, 0.25) is 11.8 Å². The number of hydrogen-bond donors (Lipinski definition) is 1. The van der Waals surface area contributed by atoms with Crippen molar-refractivity contribution in [2.45, 2.75) is 20.3 Å². The largest absolute Gasteiger partial charge is 0.435 e. The number of nitrogens with two attached hydrogens (primary N) is 1. The van der Waals surface area contributed by atoms with Crippen LogP contribution in [0.3, 0.4) is 0 Å². The smallest absolute Gasteiger partial charge is 0.233 e. The summed E-state index contributed by atoms with van der Waals surface area (Å²) < 4.78 is 19.5. The lowest BCUT2D eigenvalue weighted by Gasteiger charge is -2.08. The molecule has 21 heavy (non-hydrogen) atoms. The van der Waals surface area contributed by atoms with Gasteiger partial charge in [-0.2, -0.15) is 4.98 Å². The average Bonchev–Trinajstić information content (AvgIpc) is 2.86. The van der Waals surface area contributed by atoms with Gasteiger partial charge in [0.1, 0.15) is 4.83 Å². The number of thiophene rings is 1. The van der Waals surface area contributed by atoms with Crippen molar-refractivity contribution in [3.05, 3.63) is 40.5 Å². The number of halogens is 1. The first-order valence-electron chi connectivity index (χ1n) is 6.56. The summed E-state index contributed by atoms with van der Waals surface area (Å²) >= 11 is 1.54. The van der Waals surface area contributed by atoms with Gasteiger partial charge in [-0.3, -0.25) is 0 Å². The van der Waals surface area contributed by atoms with Gasteiger partial charge in [-0.15, -0.1) is 11.3 Å². The molecule has 0 atom stereocenters. The molecule has 6 heteroatoms. The van der Waals surface area contributed by atoms with Gasteiger partial charge in [-0.25, -0.2) is 9.37 Å². The molecule has 2 aromatic heterocycles. The molecule has 4 nitrogen and oxygen atoms in total. The Morgan fingerprint density at radius 1 is 1.29 bits per heavy atom. The first-order chi connectivity index (χ1) is 10.1. The molecular formula is C15H14FN3OS. The lowest BCUT2D eigenvalue weighted by atomic mass is 10.2. The van der Waals surface area contributed by atoms with Gasteiger partial charge in [0.05, 0.1) is 5.39 Å². The Morgan fingerprint density at radius 2 is 2.10 bits per heavy atom. The molecule has 3 aromatic rings. The minimum atomic E-state index is -0.433. The molecule has 2 N–H and O–H groups in total. The van der Waals surface area contributed by atoms with Crippen LogP contribution in [0.1, 0.15) is 17.4 Å². The third-order valence-corrected chi connectivity index (χ3v) is 4.24. The van der Waals surface area contributed by atoms with Crippen molar-refractivity contribution in [1.82, 2.24) is 9.97 Å². The maximum atomic E-state index is 13.8. The van der Waals surface area contributed by atoms with Crippen molar-refractivity contribution in [3.63, 3.8) is 0 Å². The zero-order chi connectivity index (χ0) is 15.0. The van der Waals surface area contributed by atoms with Gasteiger partial charge in [-0.1, -0.05) is 13.0 Å². The van der Waals surface area contributed by atoms with E-state index >= 15 is 0 Å². The summed E-state index contributed by atoms with van der Waals surface area (Å²) in [6, 6.07) is 6.65. The van der Waals surface area contributed by atoms with E-state index in [1.165, 1.54) is 17.4 Å². The van der Waals surface area contributed by atoms with Gasteiger partial charge < -0.3 is 10.5 Å². The maximum Gasteiger partial charge on any atom is 0.233 e. The van der Waals surface area contributed by atoms with Gasteiger partial charge in [-0.05, 0) is 37.1 Å². The molecule has 0 bridgehead atoms. The van der Waals surface area contributed by atoms with E-state index in [1.807, 2.05) is 13.0 Å². The molecule has 0 fully saturated rings. The number of aryl methyl sites for hydroxylation is 2. The molecule has 0 aliphatic carbocycles. The maximum absolute atomic E-state index is 13.8. The van der Waals surface area contributed by atoms with E-state index in [1.54, 1.807) is 12.1 Å². The van der Waals surface area contributed by atoms with Crippen LogP contribution in [0.15, 0.2) is 24.3 Å². The quantitative estimate of drug-likeness (QED) is 0.792. The Hall–Kier alpha value is -2.21. The van der Waals surface area contributed by atoms with E-state index in [0.717, 1.165) is 27.1 Å². The predicted molar refractivity (Wildman–Crippen MR) is 82.4 cm³/mol. The zero-order valence-corrected chi connectivity index (χ0v) is 12.5. The fraction of sp³-hybridized carbons (Fsp3) is 0.200. The number of anilines is 1. The molecule has 0 unspecified atom stereocenters. The van der Waals surface area contributed by atoms with Crippen molar-refractivity contribution in [1.29, 1.82) is 0 Å². The molecule has 0 aliphatic heterocycles. The van der Waals surface area contributed by atoms with E-state index in [4.69, 9.17) is 10.5 Å². The van der Waals surface area contributed by atoms with Crippen LogP contribution in [-0.2, 0) is 6.42 Å². The van der Waals surface area contributed by atoms with Gasteiger partial charge in [0.15, 0.2) is 11.6 Å². The number of nitrogen functional groups attached to an aromatic ring is 1. The number of aromatic nitrogens is 2. The molecule has 1 aromatic carbocycles. The van der Waals surface area contributed by atoms with Gasteiger partial charge >= 0.3 is 0 Å². The Labute approximate surface area is 125 Å². The fourth-order valence-electron chi connectivity index (χ4n) is 2.01. The summed E-state index contributed by atoms with van der Waals surface area (Å²) in [5.74, 6) is 0.114. The van der Waals surface area contributed by atoms with Crippen LogP contribution in [0.5, 0.6) is 11.6 Å². The lowest BCUT2D eigenvalue weighted by molar-refractivity contribution is 0.432. The molecule has 0 saturated heterocycles. The molecular weight excluding hydrogens is 289 g/mol. The van der Waals surface area contributed by atoms with Crippen LogP contribution in [0.4, 0.5) is 10.3 Å². The minimum absolute atomic E-state index is 0.120. The van der Waals surface area contributed by atoms with Crippen LogP contribution in [0, 0.1) is 12.7 Å². The van der Waals surface area contributed by atoms with Crippen molar-refractivity contribution >= 4 is 27.5 Å². The normalized spacial score (nSPS) is 11.0. The number of nitrogens with zero attached hydrogens (tertiary/aromatic N) is 2. The third-order valence-electron chi connectivity index (χ3n) is 3.07. The minimum Gasteiger partial charge on any atom is -0.435 e. The Kier molecular flexibility index (Phi) is 3.47. The van der Waals surface area contributed by atoms with Crippen LogP contribution in [0.25, 0.3) is 10.2 Å². The Bertz CT molecular complexity index is 816. The van der Waals surface area contributed by atoms with Crippen molar-refractivity contribution < 1.29 is 9.13 Å². The number of ether oxygens (including phenoxy) is 1. The number of fused-ring (bicyclic) bond motifs is 1. The number of rotatable bonds is 3. The highest BCUT2D eigenvalue weighted by Gasteiger charge is 2.14. The van der Waals surface area contributed by atoms with E-state index in [2.05, 4.69) is 16.9 Å². The van der Waals surface area contributed by atoms with Crippen LogP contribution in [0.2, 0.25) is 0 Å². The Morgan fingerprint density at radius 3 is 2.86 bits per heavy atom. The highest BCUT2D eigenvalue weighted by atomic mass is 32.1. The summed E-state index contributed by atoms with van der Waals surface area (Å²) in [5.41, 5.74) is 6.61. The van der Waals surface area contributed by atoms with Crippen molar-refractivity contribution in [2.24, 2.45) is 0 Å². The summed E-state index contributed by atoms with van der Waals surface area (Å²) in [6.45, 7) is 3.93. The topological polar surface area (TPSA) is 61.0 Å². The number of hydrogen-bond acceptors (Lipinski definition) is 5. The molecule has 0 spiro atoms. The van der Waals surface area contributed by atoms with Gasteiger partial charge in [0, 0.05) is 4.88 Å². The van der Waals surface area contributed by atoms with E-state index in [-0.39, 0.29) is 17.6 Å². The molecule has 108 valence electrons. The van der Waals surface area contributed by atoms with E-state index in [0.29, 0.717) is 0 Å². The molecule has 0 amide bonds. The summed E-state index contributed by atoms with van der Waals surface area (Å²) in [5, 5.41) is 0.756. The fourth-order valence-corrected chi connectivity index (χ4v) is 2.97. The van der Waals surface area contributed by atoms with E-state index in [9.17, 15) is 4.39 Å². The van der Waals surface area contributed by atoms with Crippen LogP contribution in [-0.4, -0.2) is 9.97 Å². The summed E-state index contributed by atoms with van der Waals surface area (Å²) in [4.78, 5) is 10.2. The molecule has 0 aliphatic rings. The standard InChI is InChI=1S/C15H14FN3OS/c1-3-9-7-10-13(18-15(17)19-14(10)21-9)20-12-6-8(2)4-5-11(12)16/h4-7H,3H2,1-2H3,(H2,17,18,19). The third kappa shape index (κ3) is 2.67. The SMILES string of the molecule is CCc1cc2c(Oc3cc(C)ccc3F)nc(N)nc2s1. The second-order valence-corrected chi connectivity index (χ2v) is 5.82. The molecule has 0 saturated carbocycles. The first kappa shape index (κ1) is 13.8. The predicted octanol–water partition coefficient (Wildman–Crippen LogP) is 4.08. The highest BCUT2D eigenvalue weighted by molar-refractivity contribution is 7.18. The van der Waals surface area contributed by atoms with E-state index < -0.39 is 5.82 Å².